The molecule has 27 heavy (non-hydrogen) atoms. The lowest BCUT2D eigenvalue weighted by Gasteiger charge is -2.31. The van der Waals surface area contributed by atoms with E-state index in [0.717, 1.165) is 17.3 Å². The van der Waals surface area contributed by atoms with Gasteiger partial charge in [0, 0.05) is 29.9 Å². The minimum absolute atomic E-state index is 0.0431. The van der Waals surface area contributed by atoms with Gasteiger partial charge in [0.15, 0.2) is 0 Å². The highest BCUT2D eigenvalue weighted by Gasteiger charge is 2.28. The Labute approximate surface area is 174 Å². The van der Waals surface area contributed by atoms with E-state index in [1.165, 1.54) is 6.92 Å². The van der Waals surface area contributed by atoms with Gasteiger partial charge < -0.3 is 21.1 Å². The van der Waals surface area contributed by atoms with E-state index in [1.807, 2.05) is 6.92 Å². The molecule has 0 aliphatic rings. The molecule has 0 aliphatic heterocycles. The molecule has 3 amide bonds. The zero-order chi connectivity index (χ0) is 20.9. The molecule has 156 valence electrons. The maximum Gasteiger partial charge on any atom is 0.303 e. The smallest absolute Gasteiger partial charge is 0.303 e. The summed E-state index contributed by atoms with van der Waals surface area (Å²) in [4.78, 5) is 45.9. The van der Waals surface area contributed by atoms with Crippen molar-refractivity contribution in [1.29, 1.82) is 0 Å². The molecule has 8 nitrogen and oxygen atoms in total. The molecule has 2 atom stereocenters. The van der Waals surface area contributed by atoms with Crippen molar-refractivity contribution < 1.29 is 24.3 Å². The predicted octanol–water partition coefficient (Wildman–Crippen LogP) is 1.75. The number of amides is 3. The Hall–Kier alpha value is -1.39. The highest BCUT2D eigenvalue weighted by molar-refractivity contribution is 14.1. The molecule has 0 aromatic rings. The largest absolute Gasteiger partial charge is 0.481 e. The fourth-order valence-corrected chi connectivity index (χ4v) is 3.20. The zero-order valence-electron chi connectivity index (χ0n) is 16.4. The van der Waals surface area contributed by atoms with Crippen LogP contribution in [0.25, 0.3) is 0 Å². The molecule has 0 aliphatic carbocycles. The number of halogens is 1. The molecule has 0 saturated heterocycles. The first kappa shape index (κ1) is 25.6. The number of alkyl halides is 1. The van der Waals surface area contributed by atoms with Crippen LogP contribution < -0.4 is 16.0 Å². The van der Waals surface area contributed by atoms with Gasteiger partial charge in [-0.3, -0.25) is 19.2 Å². The molecule has 0 fully saturated rings. The van der Waals surface area contributed by atoms with Gasteiger partial charge in [-0.2, -0.15) is 0 Å². The van der Waals surface area contributed by atoms with Gasteiger partial charge in [-0.15, -0.1) is 0 Å². The number of carboxylic acid groups (broad SMARTS) is 1. The molecule has 0 radical (unpaired) electrons. The topological polar surface area (TPSA) is 125 Å². The van der Waals surface area contributed by atoms with Gasteiger partial charge >= 0.3 is 5.97 Å². The summed E-state index contributed by atoms with van der Waals surface area (Å²) < 4.78 is 0.777. The first-order chi connectivity index (χ1) is 12.6. The minimum Gasteiger partial charge on any atom is -0.481 e. The molecule has 0 aromatic heterocycles. The Balaban J connectivity index is 4.41. The van der Waals surface area contributed by atoms with Crippen LogP contribution >= 0.6 is 22.6 Å². The average Bonchev–Trinajstić information content (AvgIpc) is 2.58. The number of hydrogen-bond donors (Lipinski definition) is 4. The first-order valence-electron chi connectivity index (χ1n) is 9.27. The van der Waals surface area contributed by atoms with E-state index in [9.17, 15) is 19.2 Å². The summed E-state index contributed by atoms with van der Waals surface area (Å²) in [6.45, 7) is 5.85. The summed E-state index contributed by atoms with van der Waals surface area (Å²) >= 11 is 2.25. The summed E-state index contributed by atoms with van der Waals surface area (Å²) in [5.74, 6) is -1.76. The molecule has 0 heterocycles. The van der Waals surface area contributed by atoms with Gasteiger partial charge in [-0.25, -0.2) is 0 Å². The van der Waals surface area contributed by atoms with Crippen molar-refractivity contribution in [3.63, 3.8) is 0 Å². The third-order valence-electron chi connectivity index (χ3n) is 4.02. The van der Waals surface area contributed by atoms with Crippen molar-refractivity contribution >= 4 is 46.3 Å². The number of aliphatic carboxylic acids is 1. The molecular weight excluding hydrogens is 465 g/mol. The third-order valence-corrected chi connectivity index (χ3v) is 5.71. The highest BCUT2D eigenvalue weighted by Crippen LogP contribution is 2.16. The quantitative estimate of drug-likeness (QED) is 0.165. The minimum atomic E-state index is -1.00. The second-order valence-corrected chi connectivity index (χ2v) is 7.69. The number of hydrogen-bond acceptors (Lipinski definition) is 4. The maximum atomic E-state index is 12.6. The Morgan fingerprint density at radius 1 is 1.15 bits per heavy atom. The lowest BCUT2D eigenvalue weighted by atomic mass is 9.97. The van der Waals surface area contributed by atoms with Crippen LogP contribution in [-0.2, 0) is 19.2 Å². The van der Waals surface area contributed by atoms with E-state index >= 15 is 0 Å². The van der Waals surface area contributed by atoms with Crippen LogP contribution in [-0.4, -0.2) is 51.4 Å². The van der Waals surface area contributed by atoms with Gasteiger partial charge in [0.1, 0.15) is 6.04 Å². The van der Waals surface area contributed by atoms with E-state index in [4.69, 9.17) is 5.11 Å². The van der Waals surface area contributed by atoms with Crippen LogP contribution in [0.2, 0.25) is 0 Å². The van der Waals surface area contributed by atoms with Gasteiger partial charge in [0.05, 0.1) is 6.42 Å². The van der Waals surface area contributed by atoms with Gasteiger partial charge in [0.25, 0.3) is 0 Å². The summed E-state index contributed by atoms with van der Waals surface area (Å²) in [6, 6.07) is -0.607. The second-order valence-electron chi connectivity index (χ2n) is 6.93. The van der Waals surface area contributed by atoms with Crippen LogP contribution in [0.15, 0.2) is 0 Å². The van der Waals surface area contributed by atoms with Crippen LogP contribution in [0.3, 0.4) is 0 Å². The molecule has 9 heteroatoms. The predicted molar refractivity (Wildman–Crippen MR) is 112 cm³/mol. The molecule has 0 rings (SSSR count). The SMILES string of the molecule is CCCC(C)(CI)NC(=O)[C@H](CCCCNC(=O)CCC(=O)O)NC(C)=O. The van der Waals surface area contributed by atoms with E-state index in [2.05, 4.69) is 45.5 Å². The van der Waals surface area contributed by atoms with Crippen molar-refractivity contribution in [1.82, 2.24) is 16.0 Å². The zero-order valence-corrected chi connectivity index (χ0v) is 18.6. The Morgan fingerprint density at radius 2 is 1.81 bits per heavy atom. The van der Waals surface area contributed by atoms with Crippen molar-refractivity contribution in [3.05, 3.63) is 0 Å². The Kier molecular flexibility index (Phi) is 13.0. The lowest BCUT2D eigenvalue weighted by molar-refractivity contribution is -0.138. The summed E-state index contributed by atoms with van der Waals surface area (Å²) in [7, 11) is 0. The highest BCUT2D eigenvalue weighted by atomic mass is 127. The summed E-state index contributed by atoms with van der Waals surface area (Å²) in [6.07, 6.45) is 3.33. The molecular formula is C18H32IN3O5. The van der Waals surface area contributed by atoms with E-state index in [1.54, 1.807) is 0 Å². The van der Waals surface area contributed by atoms with E-state index in [0.29, 0.717) is 25.8 Å². The van der Waals surface area contributed by atoms with E-state index < -0.39 is 12.0 Å². The van der Waals surface area contributed by atoms with Gasteiger partial charge in [-0.1, -0.05) is 35.9 Å². The molecule has 1 unspecified atom stereocenters. The standard InChI is InChI=1S/C18H32IN3O5/c1-4-10-18(3,12-19)22-17(27)14(21-13(2)23)7-5-6-11-20-15(24)8-9-16(25)26/h14H,4-12H2,1-3H3,(H,20,24)(H,21,23)(H,22,27)(H,25,26)/t14-,18?/m0/s1. The van der Waals surface area contributed by atoms with Crippen LogP contribution in [0.4, 0.5) is 0 Å². The number of carbonyl (C=O) groups excluding carboxylic acids is 3. The molecule has 4 N–H and O–H groups in total. The molecule has 0 aromatic carbocycles. The Bertz CT molecular complexity index is 515. The van der Waals surface area contributed by atoms with Crippen molar-refractivity contribution in [2.24, 2.45) is 0 Å². The number of rotatable bonds is 14. The normalized spacial score (nSPS) is 13.9. The summed E-state index contributed by atoms with van der Waals surface area (Å²) in [5.41, 5.74) is -0.304. The van der Waals surface area contributed by atoms with Gasteiger partial charge in [0.2, 0.25) is 17.7 Å². The van der Waals surface area contributed by atoms with Crippen LogP contribution in [0.1, 0.15) is 65.7 Å². The summed E-state index contributed by atoms with van der Waals surface area (Å²) in [5, 5.41) is 16.9. The van der Waals surface area contributed by atoms with E-state index in [-0.39, 0.29) is 36.1 Å². The maximum absolute atomic E-state index is 12.6. The van der Waals surface area contributed by atoms with Crippen molar-refractivity contribution in [2.75, 3.05) is 11.0 Å². The third kappa shape index (κ3) is 12.6. The number of carboxylic acids is 1. The molecule has 0 saturated carbocycles. The number of unbranched alkanes of at least 4 members (excludes halogenated alkanes) is 1. The molecule has 0 bridgehead atoms. The average molecular weight is 497 g/mol. The monoisotopic (exact) mass is 497 g/mol. The van der Waals surface area contributed by atoms with Crippen LogP contribution in [0.5, 0.6) is 0 Å². The fraction of sp³-hybridized carbons (Fsp3) is 0.778. The van der Waals surface area contributed by atoms with Crippen molar-refractivity contribution in [2.45, 2.75) is 77.3 Å². The second kappa shape index (κ2) is 13.7. The van der Waals surface area contributed by atoms with Gasteiger partial charge in [-0.05, 0) is 32.6 Å². The fourth-order valence-electron chi connectivity index (χ4n) is 2.62. The Morgan fingerprint density at radius 3 is 2.33 bits per heavy atom. The number of carbonyl (C=O) groups is 4. The lowest BCUT2D eigenvalue weighted by Crippen LogP contribution is -2.55. The number of nitrogens with one attached hydrogen (secondary N) is 3. The van der Waals surface area contributed by atoms with Crippen LogP contribution in [0, 0.1) is 0 Å². The van der Waals surface area contributed by atoms with Crippen molar-refractivity contribution in [3.8, 4) is 0 Å². The first-order valence-corrected chi connectivity index (χ1v) is 10.8. The molecule has 0 spiro atoms.